The summed E-state index contributed by atoms with van der Waals surface area (Å²) in [6, 6.07) is 11.8. The number of methoxy groups -OCH3 is 1. The molecule has 0 unspecified atom stereocenters. The summed E-state index contributed by atoms with van der Waals surface area (Å²) in [6.45, 7) is 0. The van der Waals surface area contributed by atoms with E-state index >= 15 is 0 Å². The van der Waals surface area contributed by atoms with Crippen LogP contribution in [0.25, 0.3) is 10.9 Å². The van der Waals surface area contributed by atoms with E-state index in [1.165, 1.54) is 13.2 Å². The van der Waals surface area contributed by atoms with E-state index in [-0.39, 0.29) is 5.75 Å². The number of pyridine rings is 1. The molecule has 0 saturated heterocycles. The van der Waals surface area contributed by atoms with Crippen LogP contribution in [0, 0.1) is 0 Å². The Morgan fingerprint density at radius 2 is 1.95 bits per heavy atom. The Morgan fingerprint density at radius 3 is 2.68 bits per heavy atom. The van der Waals surface area contributed by atoms with Gasteiger partial charge in [0, 0.05) is 23.6 Å². The van der Waals surface area contributed by atoms with Gasteiger partial charge in [-0.25, -0.2) is 4.98 Å². The molecular formula is C16H13ClN2O3. The van der Waals surface area contributed by atoms with Crippen LogP contribution in [0.3, 0.4) is 0 Å². The molecule has 2 aromatic carbocycles. The molecular weight excluding hydrogens is 304 g/mol. The van der Waals surface area contributed by atoms with E-state index < -0.39 is 0 Å². The molecule has 5 nitrogen and oxygen atoms in total. The van der Waals surface area contributed by atoms with Crippen molar-refractivity contribution >= 4 is 28.2 Å². The molecule has 0 amide bonds. The number of aromatic hydroxyl groups is 1. The van der Waals surface area contributed by atoms with Crippen LogP contribution >= 0.6 is 11.6 Å². The highest BCUT2D eigenvalue weighted by Crippen LogP contribution is 2.32. The Bertz CT molecular complexity index is 852. The second kappa shape index (κ2) is 5.61. The molecule has 1 heterocycles. The van der Waals surface area contributed by atoms with E-state index in [1.54, 1.807) is 30.3 Å². The number of phenolic OH excluding ortho intramolecular Hbond substituents is 1. The summed E-state index contributed by atoms with van der Waals surface area (Å²) in [5.74, 6) is 1.34. The van der Waals surface area contributed by atoms with Crippen LogP contribution in [-0.4, -0.2) is 17.2 Å². The average Bonchev–Trinajstić information content (AvgIpc) is 2.50. The molecule has 0 atom stereocenters. The Morgan fingerprint density at radius 1 is 1.14 bits per heavy atom. The van der Waals surface area contributed by atoms with E-state index in [0.717, 1.165) is 5.39 Å². The smallest absolute Gasteiger partial charge is 0.219 e. The van der Waals surface area contributed by atoms with E-state index in [2.05, 4.69) is 4.98 Å². The van der Waals surface area contributed by atoms with Gasteiger partial charge in [-0.1, -0.05) is 11.6 Å². The number of nitrogen functional groups attached to an aromatic ring is 1. The van der Waals surface area contributed by atoms with Crippen LogP contribution in [-0.2, 0) is 0 Å². The van der Waals surface area contributed by atoms with E-state index in [1.807, 2.05) is 6.07 Å². The molecule has 0 bridgehead atoms. The molecule has 6 heteroatoms. The zero-order valence-corrected chi connectivity index (χ0v) is 12.5. The number of anilines is 1. The van der Waals surface area contributed by atoms with Crippen molar-refractivity contribution in [2.24, 2.45) is 0 Å². The molecule has 0 spiro atoms. The second-order valence-electron chi connectivity index (χ2n) is 4.65. The Kier molecular flexibility index (Phi) is 3.65. The number of rotatable bonds is 3. The van der Waals surface area contributed by atoms with Crippen LogP contribution < -0.4 is 15.2 Å². The van der Waals surface area contributed by atoms with Crippen LogP contribution in [0.4, 0.5) is 5.69 Å². The Labute approximate surface area is 131 Å². The van der Waals surface area contributed by atoms with Crippen molar-refractivity contribution in [1.82, 2.24) is 4.98 Å². The summed E-state index contributed by atoms with van der Waals surface area (Å²) in [4.78, 5) is 4.35. The van der Waals surface area contributed by atoms with E-state index in [4.69, 9.17) is 26.8 Å². The van der Waals surface area contributed by atoms with Gasteiger partial charge in [0.2, 0.25) is 5.88 Å². The van der Waals surface area contributed by atoms with Gasteiger partial charge in [0.25, 0.3) is 0 Å². The lowest BCUT2D eigenvalue weighted by atomic mass is 10.2. The molecule has 0 aliphatic rings. The largest absolute Gasteiger partial charge is 0.504 e. The minimum atomic E-state index is 0.0233. The van der Waals surface area contributed by atoms with Gasteiger partial charge in [-0.15, -0.1) is 0 Å². The number of ether oxygens (including phenoxy) is 2. The molecule has 3 aromatic rings. The maximum absolute atomic E-state index is 9.82. The number of aromatic nitrogens is 1. The lowest BCUT2D eigenvalue weighted by Gasteiger charge is -2.09. The predicted molar refractivity (Wildman–Crippen MR) is 85.9 cm³/mol. The normalized spacial score (nSPS) is 10.6. The molecule has 112 valence electrons. The molecule has 0 saturated carbocycles. The first kappa shape index (κ1) is 14.3. The first-order valence-electron chi connectivity index (χ1n) is 6.47. The van der Waals surface area contributed by atoms with Gasteiger partial charge >= 0.3 is 0 Å². The third-order valence-electron chi connectivity index (χ3n) is 3.16. The van der Waals surface area contributed by atoms with Crippen molar-refractivity contribution in [3.05, 3.63) is 47.5 Å². The SMILES string of the molecule is COc1cc2ccc(Oc3ccc(N)c(Cl)c3)nc2cc1O. The van der Waals surface area contributed by atoms with Gasteiger partial charge in [0.05, 0.1) is 23.3 Å². The summed E-state index contributed by atoms with van der Waals surface area (Å²) in [5.41, 5.74) is 6.74. The van der Waals surface area contributed by atoms with Crippen LogP contribution in [0.1, 0.15) is 0 Å². The fourth-order valence-electron chi connectivity index (χ4n) is 2.03. The second-order valence-corrected chi connectivity index (χ2v) is 5.06. The van der Waals surface area contributed by atoms with E-state index in [9.17, 15) is 5.11 Å². The van der Waals surface area contributed by atoms with Gasteiger partial charge in [-0.3, -0.25) is 0 Å². The van der Waals surface area contributed by atoms with Crippen molar-refractivity contribution < 1.29 is 14.6 Å². The fourth-order valence-corrected chi connectivity index (χ4v) is 2.20. The minimum absolute atomic E-state index is 0.0233. The van der Waals surface area contributed by atoms with Gasteiger partial charge in [0.1, 0.15) is 5.75 Å². The number of benzene rings is 2. The highest BCUT2D eigenvalue weighted by molar-refractivity contribution is 6.33. The minimum Gasteiger partial charge on any atom is -0.504 e. The van der Waals surface area contributed by atoms with Crippen LogP contribution in [0.15, 0.2) is 42.5 Å². The highest BCUT2D eigenvalue weighted by atomic mass is 35.5. The number of hydrogen-bond acceptors (Lipinski definition) is 5. The van der Waals surface area contributed by atoms with Gasteiger partial charge in [-0.05, 0) is 24.3 Å². The summed E-state index contributed by atoms with van der Waals surface area (Å²) < 4.78 is 10.7. The lowest BCUT2D eigenvalue weighted by Crippen LogP contribution is -1.91. The number of nitrogens with zero attached hydrogens (tertiary/aromatic N) is 1. The Balaban J connectivity index is 1.96. The van der Waals surface area contributed by atoms with Crippen molar-refractivity contribution in [1.29, 1.82) is 0 Å². The summed E-state index contributed by atoms with van der Waals surface area (Å²) in [5, 5.41) is 11.1. The number of hydrogen-bond donors (Lipinski definition) is 2. The lowest BCUT2D eigenvalue weighted by molar-refractivity contribution is 0.374. The van der Waals surface area contributed by atoms with Crippen LogP contribution in [0.2, 0.25) is 5.02 Å². The number of halogens is 1. The maximum atomic E-state index is 9.82. The van der Waals surface area contributed by atoms with Crippen LogP contribution in [0.5, 0.6) is 23.1 Å². The fraction of sp³-hybridized carbons (Fsp3) is 0.0625. The third-order valence-corrected chi connectivity index (χ3v) is 3.49. The molecule has 0 radical (unpaired) electrons. The molecule has 1 aromatic heterocycles. The van der Waals surface area contributed by atoms with Crippen molar-refractivity contribution in [3.8, 4) is 23.1 Å². The monoisotopic (exact) mass is 316 g/mol. The molecule has 0 aliphatic heterocycles. The quantitative estimate of drug-likeness (QED) is 0.715. The molecule has 3 N–H and O–H groups in total. The first-order chi connectivity index (χ1) is 10.6. The van der Waals surface area contributed by atoms with Crippen molar-refractivity contribution in [3.63, 3.8) is 0 Å². The molecule has 0 aliphatic carbocycles. The summed E-state index contributed by atoms with van der Waals surface area (Å²) in [6.07, 6.45) is 0. The molecule has 22 heavy (non-hydrogen) atoms. The molecule has 0 fully saturated rings. The summed E-state index contributed by atoms with van der Waals surface area (Å²) in [7, 11) is 1.50. The number of phenols is 1. The standard InChI is InChI=1S/C16H13ClN2O3/c1-21-15-6-9-2-5-16(19-13(9)8-14(15)20)22-10-3-4-12(18)11(17)7-10/h2-8,20H,18H2,1H3. The highest BCUT2D eigenvalue weighted by Gasteiger charge is 2.07. The van der Waals surface area contributed by atoms with Crippen molar-refractivity contribution in [2.75, 3.05) is 12.8 Å². The average molecular weight is 317 g/mol. The zero-order valence-electron chi connectivity index (χ0n) is 11.7. The van der Waals surface area contributed by atoms with Gasteiger partial charge < -0.3 is 20.3 Å². The zero-order chi connectivity index (χ0) is 15.7. The predicted octanol–water partition coefficient (Wildman–Crippen LogP) is 3.98. The van der Waals surface area contributed by atoms with E-state index in [0.29, 0.717) is 33.6 Å². The molecule has 3 rings (SSSR count). The summed E-state index contributed by atoms with van der Waals surface area (Å²) >= 11 is 5.96. The number of nitrogens with two attached hydrogens (primary N) is 1. The maximum Gasteiger partial charge on any atom is 0.219 e. The van der Waals surface area contributed by atoms with Crippen molar-refractivity contribution in [2.45, 2.75) is 0 Å². The van der Waals surface area contributed by atoms with Gasteiger partial charge in [0.15, 0.2) is 11.5 Å². The topological polar surface area (TPSA) is 77.6 Å². The number of fused-ring (bicyclic) bond motifs is 1. The Hall–Kier alpha value is -2.66. The van der Waals surface area contributed by atoms with Gasteiger partial charge in [-0.2, -0.15) is 0 Å². The first-order valence-corrected chi connectivity index (χ1v) is 6.85. The third kappa shape index (κ3) is 2.71.